The van der Waals surface area contributed by atoms with Crippen molar-refractivity contribution in [2.45, 2.75) is 0 Å². The molecular weight excluding hydrogens is 256 g/mol. The van der Waals surface area contributed by atoms with E-state index in [-0.39, 0.29) is 11.5 Å². The van der Waals surface area contributed by atoms with Gasteiger partial charge in [-0.05, 0) is 29.7 Å². The molecule has 1 unspecified atom stereocenters. The molecule has 0 aliphatic rings. The van der Waals surface area contributed by atoms with Gasteiger partial charge in [-0.2, -0.15) is 0 Å². The lowest BCUT2D eigenvalue weighted by Crippen LogP contribution is -2.07. The van der Waals surface area contributed by atoms with Crippen LogP contribution >= 0.6 is 11.3 Å². The Morgan fingerprint density at radius 1 is 1.41 bits per heavy atom. The highest BCUT2D eigenvalue weighted by atomic mass is 32.2. The first-order chi connectivity index (χ1) is 8.10. The van der Waals surface area contributed by atoms with E-state index in [1.807, 2.05) is 24.3 Å². The van der Waals surface area contributed by atoms with Crippen molar-refractivity contribution in [1.29, 1.82) is 0 Å². The van der Waals surface area contributed by atoms with Crippen LogP contribution in [-0.4, -0.2) is 29.1 Å². The average Bonchev–Trinajstić information content (AvgIpc) is 2.70. The van der Waals surface area contributed by atoms with E-state index in [0.717, 1.165) is 15.8 Å². The van der Waals surface area contributed by atoms with Gasteiger partial charge in [0.15, 0.2) is 5.78 Å². The van der Waals surface area contributed by atoms with Crippen LogP contribution < -0.4 is 4.74 Å². The molecule has 90 valence electrons. The summed E-state index contributed by atoms with van der Waals surface area (Å²) in [6.45, 7) is 0. The molecule has 0 radical (unpaired) electrons. The first kappa shape index (κ1) is 12.3. The Balaban J connectivity index is 2.37. The van der Waals surface area contributed by atoms with Gasteiger partial charge in [-0.1, -0.05) is 0 Å². The van der Waals surface area contributed by atoms with Crippen LogP contribution in [0.25, 0.3) is 10.1 Å². The molecule has 2 rings (SSSR count). The second-order valence-corrected chi connectivity index (χ2v) is 6.17. The van der Waals surface area contributed by atoms with E-state index in [0.29, 0.717) is 4.88 Å². The zero-order valence-corrected chi connectivity index (χ0v) is 11.2. The van der Waals surface area contributed by atoms with Gasteiger partial charge in [0.05, 0.1) is 17.7 Å². The van der Waals surface area contributed by atoms with Gasteiger partial charge < -0.3 is 4.74 Å². The molecule has 2 aromatic rings. The Morgan fingerprint density at radius 3 is 2.82 bits per heavy atom. The SMILES string of the molecule is COc1ccc2cc(C(=O)CS(C)=O)sc2c1. The Kier molecular flexibility index (Phi) is 3.59. The summed E-state index contributed by atoms with van der Waals surface area (Å²) in [5.74, 6) is 0.799. The summed E-state index contributed by atoms with van der Waals surface area (Å²) >= 11 is 1.41. The zero-order valence-electron chi connectivity index (χ0n) is 9.56. The van der Waals surface area contributed by atoms with Gasteiger partial charge in [0.25, 0.3) is 0 Å². The molecule has 0 bridgehead atoms. The van der Waals surface area contributed by atoms with Crippen molar-refractivity contribution in [2.75, 3.05) is 19.1 Å². The van der Waals surface area contributed by atoms with Crippen LogP contribution in [0.15, 0.2) is 24.3 Å². The standard InChI is InChI=1S/C12H12O3S2/c1-15-9-4-3-8-5-12(16-11(8)6-9)10(13)7-17(2)14/h3-6H,7H2,1-2H3. The third kappa shape index (κ3) is 2.73. The predicted molar refractivity (Wildman–Crippen MR) is 71.6 cm³/mol. The first-order valence-corrected chi connectivity index (χ1v) is 7.55. The zero-order chi connectivity index (χ0) is 12.4. The minimum atomic E-state index is -1.09. The predicted octanol–water partition coefficient (Wildman–Crippen LogP) is 2.47. The maximum atomic E-state index is 11.8. The fraction of sp³-hybridized carbons (Fsp3) is 0.250. The number of ketones is 1. The van der Waals surface area contributed by atoms with Crippen LogP contribution in [0.5, 0.6) is 5.75 Å². The molecule has 1 aromatic carbocycles. The number of ether oxygens (including phenoxy) is 1. The van der Waals surface area contributed by atoms with E-state index in [4.69, 9.17) is 4.74 Å². The minimum Gasteiger partial charge on any atom is -0.497 e. The van der Waals surface area contributed by atoms with Crippen molar-refractivity contribution in [2.24, 2.45) is 0 Å². The number of fused-ring (bicyclic) bond motifs is 1. The highest BCUT2D eigenvalue weighted by molar-refractivity contribution is 7.85. The summed E-state index contributed by atoms with van der Waals surface area (Å²) in [5, 5.41) is 1.01. The Morgan fingerprint density at radius 2 is 2.18 bits per heavy atom. The smallest absolute Gasteiger partial charge is 0.185 e. The fourth-order valence-electron chi connectivity index (χ4n) is 1.53. The van der Waals surface area contributed by atoms with Crippen molar-refractivity contribution < 1.29 is 13.7 Å². The van der Waals surface area contributed by atoms with E-state index >= 15 is 0 Å². The number of carbonyl (C=O) groups excluding carboxylic acids is 1. The number of carbonyl (C=O) groups is 1. The topological polar surface area (TPSA) is 43.4 Å². The van der Waals surface area contributed by atoms with Gasteiger partial charge in [-0.25, -0.2) is 0 Å². The van der Waals surface area contributed by atoms with Crippen molar-refractivity contribution in [1.82, 2.24) is 0 Å². The molecule has 1 heterocycles. The molecule has 1 aromatic heterocycles. The fourth-order valence-corrected chi connectivity index (χ4v) is 3.18. The maximum absolute atomic E-state index is 11.8. The molecule has 1 atom stereocenters. The first-order valence-electron chi connectivity index (χ1n) is 5.01. The highest BCUT2D eigenvalue weighted by Crippen LogP contribution is 2.29. The normalized spacial score (nSPS) is 12.6. The highest BCUT2D eigenvalue weighted by Gasteiger charge is 2.12. The molecule has 0 amide bonds. The summed E-state index contributed by atoms with van der Waals surface area (Å²) < 4.78 is 17.2. The van der Waals surface area contributed by atoms with E-state index in [1.54, 1.807) is 7.11 Å². The number of methoxy groups -OCH3 is 1. The largest absolute Gasteiger partial charge is 0.497 e. The number of rotatable bonds is 4. The van der Waals surface area contributed by atoms with Crippen molar-refractivity contribution in [3.8, 4) is 5.75 Å². The van der Waals surface area contributed by atoms with E-state index in [9.17, 15) is 9.00 Å². The number of benzene rings is 1. The third-order valence-electron chi connectivity index (χ3n) is 2.34. The van der Waals surface area contributed by atoms with Gasteiger partial charge >= 0.3 is 0 Å². The lowest BCUT2D eigenvalue weighted by molar-refractivity contribution is 0.102. The number of Topliss-reactive ketones (excluding diaryl/α,β-unsaturated/α-hetero) is 1. The Bertz CT molecular complexity index is 586. The summed E-state index contributed by atoms with van der Waals surface area (Å²) in [5.41, 5.74) is 0. The molecule has 17 heavy (non-hydrogen) atoms. The summed E-state index contributed by atoms with van der Waals surface area (Å²) in [6, 6.07) is 7.53. The summed E-state index contributed by atoms with van der Waals surface area (Å²) in [4.78, 5) is 12.4. The molecule has 5 heteroatoms. The lowest BCUT2D eigenvalue weighted by Gasteiger charge is -1.97. The van der Waals surface area contributed by atoms with Gasteiger partial charge in [0.1, 0.15) is 5.75 Å². The molecule has 0 N–H and O–H groups in total. The monoisotopic (exact) mass is 268 g/mol. The van der Waals surface area contributed by atoms with Crippen LogP contribution in [-0.2, 0) is 10.8 Å². The number of hydrogen-bond donors (Lipinski definition) is 0. The minimum absolute atomic E-state index is 0.0639. The lowest BCUT2D eigenvalue weighted by atomic mass is 10.2. The second-order valence-electron chi connectivity index (χ2n) is 3.66. The van der Waals surface area contributed by atoms with Crippen molar-refractivity contribution in [3.05, 3.63) is 29.1 Å². The number of thiophene rings is 1. The van der Waals surface area contributed by atoms with Crippen LogP contribution in [0.2, 0.25) is 0 Å². The van der Waals surface area contributed by atoms with Gasteiger partial charge in [-0.15, -0.1) is 11.3 Å². The van der Waals surface area contributed by atoms with E-state index < -0.39 is 10.8 Å². The molecule has 0 fully saturated rings. The van der Waals surface area contributed by atoms with Crippen LogP contribution in [0, 0.1) is 0 Å². The Hall–Kier alpha value is -1.20. The van der Waals surface area contributed by atoms with Crippen LogP contribution in [0.3, 0.4) is 0 Å². The molecule has 0 spiro atoms. The van der Waals surface area contributed by atoms with Gasteiger partial charge in [0.2, 0.25) is 0 Å². The van der Waals surface area contributed by atoms with E-state index in [1.165, 1.54) is 17.6 Å². The van der Waals surface area contributed by atoms with Gasteiger partial charge in [-0.3, -0.25) is 9.00 Å². The molecule has 0 aliphatic carbocycles. The molecule has 0 saturated carbocycles. The summed E-state index contributed by atoms with van der Waals surface area (Å²) in [6.07, 6.45) is 1.54. The molecule has 0 aliphatic heterocycles. The van der Waals surface area contributed by atoms with Crippen LogP contribution in [0.4, 0.5) is 0 Å². The Labute approximate surface area is 106 Å². The second kappa shape index (κ2) is 4.98. The van der Waals surface area contributed by atoms with Crippen molar-refractivity contribution >= 4 is 38.0 Å². The van der Waals surface area contributed by atoms with Crippen LogP contribution in [0.1, 0.15) is 9.67 Å². The summed E-state index contributed by atoms with van der Waals surface area (Å²) in [7, 11) is 0.521. The number of hydrogen-bond acceptors (Lipinski definition) is 4. The average molecular weight is 268 g/mol. The maximum Gasteiger partial charge on any atom is 0.185 e. The molecule has 3 nitrogen and oxygen atoms in total. The van der Waals surface area contributed by atoms with E-state index in [2.05, 4.69) is 0 Å². The van der Waals surface area contributed by atoms with Gasteiger partial charge in [0, 0.05) is 21.8 Å². The van der Waals surface area contributed by atoms with Crippen molar-refractivity contribution in [3.63, 3.8) is 0 Å². The molecule has 0 saturated heterocycles. The molecular formula is C12H12O3S2. The quantitative estimate of drug-likeness (QED) is 0.800. The third-order valence-corrected chi connectivity index (χ3v) is 4.14.